The highest BCUT2D eigenvalue weighted by atomic mass is 19.3. The van der Waals surface area contributed by atoms with E-state index in [1.165, 1.54) is 12.1 Å². The van der Waals surface area contributed by atoms with Gasteiger partial charge in [-0.25, -0.2) is 8.78 Å². The number of aliphatic hydroxyl groups is 1. The van der Waals surface area contributed by atoms with E-state index in [0.717, 1.165) is 0 Å². The standard InChI is InChI=1S/C21H30F2N2O4/c1-2-29-18-14-16(4-5-17(18)26)19(27)25-10-3-6-20(28,7-13-25)15-24-11-8-21(22,23)9-12-24/h4-5,14,26,28H,2-3,6-13,15H2,1H3/t20-/m1/s1. The van der Waals surface area contributed by atoms with Crippen molar-refractivity contribution in [1.82, 2.24) is 9.80 Å². The second-order valence-corrected chi connectivity index (χ2v) is 8.12. The van der Waals surface area contributed by atoms with Gasteiger partial charge < -0.3 is 24.7 Å². The van der Waals surface area contributed by atoms with Crippen LogP contribution in [0, 0.1) is 0 Å². The number of nitrogens with zero attached hydrogens (tertiary/aromatic N) is 2. The number of piperidine rings is 1. The fraction of sp³-hybridized carbons (Fsp3) is 0.667. The summed E-state index contributed by atoms with van der Waals surface area (Å²) in [5, 5.41) is 20.9. The minimum absolute atomic E-state index is 0.0132. The molecule has 1 amide bonds. The number of rotatable bonds is 5. The Kier molecular flexibility index (Phi) is 6.63. The lowest BCUT2D eigenvalue weighted by Gasteiger charge is -2.37. The van der Waals surface area contributed by atoms with Gasteiger partial charge in [0.2, 0.25) is 0 Å². The fourth-order valence-electron chi connectivity index (χ4n) is 4.10. The number of benzene rings is 1. The van der Waals surface area contributed by atoms with Crippen molar-refractivity contribution in [3.05, 3.63) is 23.8 Å². The zero-order chi connectivity index (χ0) is 21.1. The summed E-state index contributed by atoms with van der Waals surface area (Å²) in [6.07, 6.45) is 1.24. The van der Waals surface area contributed by atoms with Gasteiger partial charge in [-0.05, 0) is 44.4 Å². The number of phenols is 1. The second-order valence-electron chi connectivity index (χ2n) is 8.12. The minimum Gasteiger partial charge on any atom is -0.504 e. The van der Waals surface area contributed by atoms with E-state index in [-0.39, 0.29) is 43.3 Å². The maximum atomic E-state index is 13.4. The predicted octanol–water partition coefficient (Wildman–Crippen LogP) is 2.88. The molecule has 1 aromatic rings. The monoisotopic (exact) mass is 412 g/mol. The molecule has 0 unspecified atom stereocenters. The largest absolute Gasteiger partial charge is 0.504 e. The Morgan fingerprint density at radius 3 is 2.55 bits per heavy atom. The summed E-state index contributed by atoms with van der Waals surface area (Å²) in [7, 11) is 0. The van der Waals surface area contributed by atoms with Gasteiger partial charge >= 0.3 is 0 Å². The molecule has 0 aliphatic carbocycles. The van der Waals surface area contributed by atoms with E-state index in [9.17, 15) is 23.8 Å². The van der Waals surface area contributed by atoms with Crippen LogP contribution in [0.25, 0.3) is 0 Å². The van der Waals surface area contributed by atoms with Crippen LogP contribution in [0.2, 0.25) is 0 Å². The molecule has 8 heteroatoms. The zero-order valence-corrected chi connectivity index (χ0v) is 16.9. The first kappa shape index (κ1) is 21.8. The molecule has 0 radical (unpaired) electrons. The highest BCUT2D eigenvalue weighted by molar-refractivity contribution is 5.95. The van der Waals surface area contributed by atoms with Crippen LogP contribution in [-0.4, -0.2) is 76.8 Å². The van der Waals surface area contributed by atoms with Gasteiger partial charge in [0.15, 0.2) is 11.5 Å². The van der Waals surface area contributed by atoms with Gasteiger partial charge in [0, 0.05) is 51.1 Å². The van der Waals surface area contributed by atoms with E-state index in [4.69, 9.17) is 4.74 Å². The molecule has 2 aliphatic heterocycles. The molecule has 0 spiro atoms. The van der Waals surface area contributed by atoms with Crippen molar-refractivity contribution >= 4 is 5.91 Å². The van der Waals surface area contributed by atoms with Crippen molar-refractivity contribution in [3.63, 3.8) is 0 Å². The van der Waals surface area contributed by atoms with Crippen molar-refractivity contribution in [2.75, 3.05) is 39.3 Å². The van der Waals surface area contributed by atoms with E-state index < -0.39 is 11.5 Å². The number of halogens is 2. The predicted molar refractivity (Wildman–Crippen MR) is 105 cm³/mol. The molecule has 0 aromatic heterocycles. The van der Waals surface area contributed by atoms with E-state index in [1.807, 2.05) is 4.90 Å². The first-order valence-corrected chi connectivity index (χ1v) is 10.3. The lowest BCUT2D eigenvalue weighted by atomic mass is 9.93. The van der Waals surface area contributed by atoms with Crippen LogP contribution in [-0.2, 0) is 0 Å². The van der Waals surface area contributed by atoms with Crippen LogP contribution in [0.3, 0.4) is 0 Å². The SMILES string of the molecule is CCOc1cc(C(=O)N2CCC[C@](O)(CN3CCC(F)(F)CC3)CC2)ccc1O. The summed E-state index contributed by atoms with van der Waals surface area (Å²) in [5.41, 5.74) is -0.553. The zero-order valence-electron chi connectivity index (χ0n) is 16.9. The Hall–Kier alpha value is -1.93. The number of ether oxygens (including phenoxy) is 1. The maximum absolute atomic E-state index is 13.4. The lowest BCUT2D eigenvalue weighted by Crippen LogP contribution is -2.48. The van der Waals surface area contributed by atoms with E-state index in [2.05, 4.69) is 0 Å². The normalized spacial score (nSPS) is 25.4. The number of likely N-dealkylation sites (tertiary alicyclic amines) is 2. The molecule has 0 bridgehead atoms. The van der Waals surface area contributed by atoms with Crippen LogP contribution in [0.5, 0.6) is 11.5 Å². The number of phenolic OH excluding ortho intramolecular Hbond substituents is 1. The van der Waals surface area contributed by atoms with Gasteiger partial charge in [0.25, 0.3) is 11.8 Å². The Balaban J connectivity index is 1.60. The number of aromatic hydroxyl groups is 1. The van der Waals surface area contributed by atoms with Crippen LogP contribution >= 0.6 is 0 Å². The van der Waals surface area contributed by atoms with E-state index in [0.29, 0.717) is 51.1 Å². The summed E-state index contributed by atoms with van der Waals surface area (Å²) in [6, 6.07) is 4.54. The van der Waals surface area contributed by atoms with Crippen LogP contribution in [0.4, 0.5) is 8.78 Å². The van der Waals surface area contributed by atoms with Gasteiger partial charge in [0.1, 0.15) is 0 Å². The number of amides is 1. The van der Waals surface area contributed by atoms with Crippen LogP contribution < -0.4 is 4.74 Å². The van der Waals surface area contributed by atoms with Crippen molar-refractivity contribution in [3.8, 4) is 11.5 Å². The van der Waals surface area contributed by atoms with Gasteiger partial charge in [-0.1, -0.05) is 0 Å². The van der Waals surface area contributed by atoms with E-state index >= 15 is 0 Å². The van der Waals surface area contributed by atoms with Crippen molar-refractivity contribution in [2.45, 2.75) is 50.6 Å². The minimum atomic E-state index is -2.60. The second kappa shape index (κ2) is 8.83. The molecule has 2 heterocycles. The van der Waals surface area contributed by atoms with Gasteiger partial charge in [0.05, 0.1) is 12.2 Å². The molecule has 29 heavy (non-hydrogen) atoms. The van der Waals surface area contributed by atoms with Crippen LogP contribution in [0.1, 0.15) is 49.4 Å². The topological polar surface area (TPSA) is 73.2 Å². The molecular weight excluding hydrogens is 382 g/mol. The number of hydrogen-bond donors (Lipinski definition) is 2. The molecule has 2 fully saturated rings. The van der Waals surface area contributed by atoms with Crippen molar-refractivity contribution in [2.24, 2.45) is 0 Å². The quantitative estimate of drug-likeness (QED) is 0.778. The molecule has 0 saturated carbocycles. The molecule has 1 aromatic carbocycles. The summed E-state index contributed by atoms with van der Waals surface area (Å²) in [6.45, 7) is 4.02. The van der Waals surface area contributed by atoms with Gasteiger partial charge in [-0.2, -0.15) is 0 Å². The van der Waals surface area contributed by atoms with Crippen LogP contribution in [0.15, 0.2) is 18.2 Å². The highest BCUT2D eigenvalue weighted by Gasteiger charge is 2.38. The number of β-amino-alcohol motifs (C(OH)–C–C–N with tert-alkyl or cyclic N) is 1. The third-order valence-electron chi connectivity index (χ3n) is 5.82. The lowest BCUT2D eigenvalue weighted by molar-refractivity contribution is -0.0768. The number of hydrogen-bond acceptors (Lipinski definition) is 5. The van der Waals surface area contributed by atoms with Crippen molar-refractivity contribution < 1.29 is 28.5 Å². The Morgan fingerprint density at radius 2 is 1.86 bits per heavy atom. The number of carbonyl (C=O) groups excluding carboxylic acids is 1. The first-order chi connectivity index (χ1) is 13.7. The molecule has 1 atom stereocenters. The first-order valence-electron chi connectivity index (χ1n) is 10.3. The molecule has 3 rings (SSSR count). The van der Waals surface area contributed by atoms with E-state index in [1.54, 1.807) is 17.9 Å². The van der Waals surface area contributed by atoms with Crippen molar-refractivity contribution in [1.29, 1.82) is 0 Å². The fourth-order valence-corrected chi connectivity index (χ4v) is 4.10. The number of carbonyl (C=O) groups is 1. The molecule has 2 N–H and O–H groups in total. The highest BCUT2D eigenvalue weighted by Crippen LogP contribution is 2.31. The Morgan fingerprint density at radius 1 is 1.14 bits per heavy atom. The smallest absolute Gasteiger partial charge is 0.253 e. The molecule has 2 saturated heterocycles. The molecule has 162 valence electrons. The van der Waals surface area contributed by atoms with Gasteiger partial charge in [-0.3, -0.25) is 4.79 Å². The molecule has 6 nitrogen and oxygen atoms in total. The summed E-state index contributed by atoms with van der Waals surface area (Å²) in [4.78, 5) is 16.5. The average molecular weight is 412 g/mol. The summed E-state index contributed by atoms with van der Waals surface area (Å²) < 4.78 is 32.1. The Bertz CT molecular complexity index is 721. The summed E-state index contributed by atoms with van der Waals surface area (Å²) in [5.74, 6) is -2.52. The maximum Gasteiger partial charge on any atom is 0.253 e. The third kappa shape index (κ3) is 5.57. The molecule has 2 aliphatic rings. The number of alkyl halides is 2. The van der Waals surface area contributed by atoms with Gasteiger partial charge in [-0.15, -0.1) is 0 Å². The third-order valence-corrected chi connectivity index (χ3v) is 5.82. The average Bonchev–Trinajstić information content (AvgIpc) is 2.87. The summed E-state index contributed by atoms with van der Waals surface area (Å²) >= 11 is 0. The Labute approximate surface area is 170 Å². The molecular formula is C21H30F2N2O4.